The second-order valence-electron chi connectivity index (χ2n) is 6.86. The van der Waals surface area contributed by atoms with E-state index in [1.54, 1.807) is 62.4 Å². The highest BCUT2D eigenvalue weighted by Crippen LogP contribution is 2.23. The number of carbonyl (C=O) groups excluding carboxylic acids is 2. The van der Waals surface area contributed by atoms with Crippen LogP contribution in [-0.2, 0) is 4.79 Å². The van der Waals surface area contributed by atoms with Gasteiger partial charge in [0.05, 0.1) is 12.0 Å². The number of hydrogen-bond donors (Lipinski definition) is 2. The molecule has 1 atom stereocenters. The Morgan fingerprint density at radius 3 is 2.65 bits per heavy atom. The zero-order valence-corrected chi connectivity index (χ0v) is 18.1. The molecule has 31 heavy (non-hydrogen) atoms. The van der Waals surface area contributed by atoms with Gasteiger partial charge in [0.25, 0.3) is 5.91 Å². The van der Waals surface area contributed by atoms with E-state index >= 15 is 0 Å². The van der Waals surface area contributed by atoms with Crippen molar-refractivity contribution in [1.82, 2.24) is 5.43 Å². The van der Waals surface area contributed by atoms with E-state index in [1.807, 2.05) is 13.0 Å². The molecule has 2 amide bonds. The third-order valence-corrected chi connectivity index (χ3v) is 4.66. The van der Waals surface area contributed by atoms with Crippen LogP contribution in [0.5, 0.6) is 5.75 Å². The molecule has 0 saturated heterocycles. The van der Waals surface area contributed by atoms with Crippen LogP contribution in [0.25, 0.3) is 0 Å². The van der Waals surface area contributed by atoms with Crippen molar-refractivity contribution in [1.29, 1.82) is 0 Å². The molecule has 3 aromatic rings. The van der Waals surface area contributed by atoms with Crippen LogP contribution in [-0.4, -0.2) is 23.6 Å². The lowest BCUT2D eigenvalue weighted by atomic mass is 10.1. The Labute approximate surface area is 185 Å². The summed E-state index contributed by atoms with van der Waals surface area (Å²) in [5.41, 5.74) is 5.17. The third kappa shape index (κ3) is 5.96. The number of hydrazone groups is 1. The molecule has 0 radical (unpaired) electrons. The van der Waals surface area contributed by atoms with Gasteiger partial charge < -0.3 is 14.5 Å². The zero-order chi connectivity index (χ0) is 22.4. The van der Waals surface area contributed by atoms with Crippen LogP contribution in [0.4, 0.5) is 5.69 Å². The summed E-state index contributed by atoms with van der Waals surface area (Å²) in [7, 11) is 0. The van der Waals surface area contributed by atoms with Gasteiger partial charge in [0.1, 0.15) is 5.75 Å². The van der Waals surface area contributed by atoms with Gasteiger partial charge in [0.2, 0.25) is 0 Å². The molecule has 0 aliphatic carbocycles. The van der Waals surface area contributed by atoms with Gasteiger partial charge >= 0.3 is 5.91 Å². The van der Waals surface area contributed by atoms with E-state index in [4.69, 9.17) is 20.8 Å². The molecule has 0 aliphatic rings. The van der Waals surface area contributed by atoms with Crippen LogP contribution in [0.3, 0.4) is 0 Å². The Bertz CT molecular complexity index is 1110. The molecule has 0 saturated carbocycles. The van der Waals surface area contributed by atoms with Crippen LogP contribution in [0.15, 0.2) is 70.4 Å². The molecule has 0 aliphatic heterocycles. The van der Waals surface area contributed by atoms with E-state index in [9.17, 15) is 9.59 Å². The topological polar surface area (TPSA) is 92.9 Å². The molecule has 2 aromatic carbocycles. The number of ether oxygens (including phenoxy) is 1. The Morgan fingerprint density at radius 1 is 1.13 bits per heavy atom. The number of nitrogens with zero attached hydrogens (tertiary/aromatic N) is 1. The van der Waals surface area contributed by atoms with Gasteiger partial charge in [0, 0.05) is 10.7 Å². The van der Waals surface area contributed by atoms with Gasteiger partial charge in [-0.3, -0.25) is 9.59 Å². The first kappa shape index (κ1) is 22.1. The number of carbonyl (C=O) groups is 2. The number of furan rings is 1. The molecule has 1 heterocycles. The summed E-state index contributed by atoms with van der Waals surface area (Å²) in [6.07, 6.45) is 0.697. The van der Waals surface area contributed by atoms with Crippen molar-refractivity contribution >= 4 is 34.8 Å². The maximum absolute atomic E-state index is 12.6. The first-order valence-electron chi connectivity index (χ1n) is 9.55. The quantitative estimate of drug-likeness (QED) is 0.408. The molecule has 1 unspecified atom stereocenters. The highest BCUT2D eigenvalue weighted by molar-refractivity contribution is 6.30. The smallest absolute Gasteiger partial charge is 0.307 e. The molecule has 0 bridgehead atoms. The average Bonchev–Trinajstić information content (AvgIpc) is 3.29. The van der Waals surface area contributed by atoms with Crippen molar-refractivity contribution in [2.24, 2.45) is 5.10 Å². The molecule has 3 rings (SSSR count). The molecule has 1 aromatic heterocycles. The van der Waals surface area contributed by atoms with Crippen molar-refractivity contribution in [3.8, 4) is 5.75 Å². The summed E-state index contributed by atoms with van der Waals surface area (Å²) in [4.78, 5) is 24.5. The summed E-state index contributed by atoms with van der Waals surface area (Å²) in [5, 5.41) is 7.52. The minimum Gasteiger partial charge on any atom is -0.481 e. The zero-order valence-electron chi connectivity index (χ0n) is 17.3. The van der Waals surface area contributed by atoms with E-state index in [-0.39, 0.29) is 11.7 Å². The Morgan fingerprint density at radius 2 is 1.94 bits per heavy atom. The van der Waals surface area contributed by atoms with Crippen molar-refractivity contribution in [3.05, 3.63) is 82.8 Å². The number of aryl methyl sites for hydroxylation is 1. The van der Waals surface area contributed by atoms with Crippen LogP contribution in [0.1, 0.15) is 35.5 Å². The number of rotatable bonds is 7. The minimum absolute atomic E-state index is 0.169. The fourth-order valence-corrected chi connectivity index (χ4v) is 2.94. The van der Waals surface area contributed by atoms with E-state index in [0.717, 1.165) is 11.1 Å². The largest absolute Gasteiger partial charge is 0.481 e. The third-order valence-electron chi connectivity index (χ3n) is 4.43. The molecule has 160 valence electrons. The molecule has 7 nitrogen and oxygen atoms in total. The maximum Gasteiger partial charge on any atom is 0.307 e. The summed E-state index contributed by atoms with van der Waals surface area (Å²) >= 11 is 5.96. The average molecular weight is 440 g/mol. The lowest BCUT2D eigenvalue weighted by Gasteiger charge is -2.16. The Balaban J connectivity index is 1.63. The second-order valence-corrected chi connectivity index (χ2v) is 7.29. The standard InChI is InChI=1S/C23H22ClN3O4/c1-14-12-18(24)9-10-20(14)31-16(3)22(28)25-19-7-4-6-17(13-19)15(2)26-27-23(29)21-8-5-11-30-21/h4-13,16H,1-3H3,(H,25,28)(H,27,29)/b26-15+. The van der Waals surface area contributed by atoms with Crippen LogP contribution in [0, 0.1) is 6.92 Å². The van der Waals surface area contributed by atoms with Crippen molar-refractivity contribution in [3.63, 3.8) is 0 Å². The Kier molecular flexibility index (Phi) is 7.10. The van der Waals surface area contributed by atoms with Gasteiger partial charge in [0.15, 0.2) is 11.9 Å². The Hall–Kier alpha value is -3.58. The summed E-state index contributed by atoms with van der Waals surface area (Å²) < 4.78 is 10.8. The number of benzene rings is 2. The van der Waals surface area contributed by atoms with Gasteiger partial charge in [-0.2, -0.15) is 5.10 Å². The van der Waals surface area contributed by atoms with E-state index in [2.05, 4.69) is 15.8 Å². The molecule has 2 N–H and O–H groups in total. The summed E-state index contributed by atoms with van der Waals surface area (Å²) in [6, 6.07) is 15.5. The van der Waals surface area contributed by atoms with Gasteiger partial charge in [-0.05, 0) is 74.4 Å². The number of halogens is 1. The van der Waals surface area contributed by atoms with Crippen LogP contribution < -0.4 is 15.5 Å². The number of anilines is 1. The predicted molar refractivity (Wildman–Crippen MR) is 120 cm³/mol. The van der Waals surface area contributed by atoms with Gasteiger partial charge in [-0.25, -0.2) is 5.43 Å². The van der Waals surface area contributed by atoms with Crippen LogP contribution in [0.2, 0.25) is 5.02 Å². The predicted octanol–water partition coefficient (Wildman–Crippen LogP) is 4.80. The highest BCUT2D eigenvalue weighted by atomic mass is 35.5. The highest BCUT2D eigenvalue weighted by Gasteiger charge is 2.16. The monoisotopic (exact) mass is 439 g/mol. The van der Waals surface area contributed by atoms with Crippen LogP contribution >= 0.6 is 11.6 Å². The molecule has 0 fully saturated rings. The number of hydrogen-bond acceptors (Lipinski definition) is 5. The fraction of sp³-hybridized carbons (Fsp3) is 0.174. The fourth-order valence-electron chi connectivity index (χ4n) is 2.72. The lowest BCUT2D eigenvalue weighted by Crippen LogP contribution is -2.30. The van der Waals surface area contributed by atoms with Gasteiger partial charge in [-0.15, -0.1) is 0 Å². The van der Waals surface area contributed by atoms with Gasteiger partial charge in [-0.1, -0.05) is 23.7 Å². The van der Waals surface area contributed by atoms with E-state index < -0.39 is 12.0 Å². The lowest BCUT2D eigenvalue weighted by molar-refractivity contribution is -0.122. The van der Waals surface area contributed by atoms with E-state index in [1.165, 1.54) is 6.26 Å². The molecule has 8 heteroatoms. The number of amides is 2. The first-order chi connectivity index (χ1) is 14.8. The summed E-state index contributed by atoms with van der Waals surface area (Å²) in [5.74, 6) is 0.0167. The maximum atomic E-state index is 12.6. The first-order valence-corrected chi connectivity index (χ1v) is 9.93. The summed E-state index contributed by atoms with van der Waals surface area (Å²) in [6.45, 7) is 5.28. The normalized spacial score (nSPS) is 12.2. The van der Waals surface area contributed by atoms with Crippen molar-refractivity contribution in [2.45, 2.75) is 26.9 Å². The SMILES string of the molecule is C/C(=N\NC(=O)c1ccco1)c1cccc(NC(=O)C(C)Oc2ccc(Cl)cc2C)c1. The van der Waals surface area contributed by atoms with Crippen molar-refractivity contribution < 1.29 is 18.7 Å². The molecular formula is C23H22ClN3O4. The van der Waals surface area contributed by atoms with Crippen molar-refractivity contribution in [2.75, 3.05) is 5.32 Å². The second kappa shape index (κ2) is 9.95. The minimum atomic E-state index is -0.717. The number of nitrogens with one attached hydrogen (secondary N) is 2. The van der Waals surface area contributed by atoms with E-state index in [0.29, 0.717) is 22.2 Å². The molecular weight excluding hydrogens is 418 g/mol. The molecule has 0 spiro atoms.